The van der Waals surface area contributed by atoms with Gasteiger partial charge < -0.3 is 5.32 Å². The van der Waals surface area contributed by atoms with Gasteiger partial charge in [0, 0.05) is 27.8 Å². The number of halogens is 2. The molecule has 3 nitrogen and oxygen atoms in total. The van der Waals surface area contributed by atoms with Gasteiger partial charge in [-0.15, -0.1) is 11.3 Å². The maximum Gasteiger partial charge on any atom is 0.220 e. The normalized spacial score (nSPS) is 11.0. The summed E-state index contributed by atoms with van der Waals surface area (Å²) in [6.07, 6.45) is 0.985. The Balaban J connectivity index is 1.80. The molecule has 2 aromatic rings. The number of carbonyl (C=O) groups excluding carboxylic acids is 1. The lowest BCUT2D eigenvalue weighted by molar-refractivity contribution is -0.121. The molecule has 6 heteroatoms. The highest BCUT2D eigenvalue weighted by Crippen LogP contribution is 2.22. The molecule has 1 amide bonds. The highest BCUT2D eigenvalue weighted by atomic mass is 35.5. The molecule has 0 bridgehead atoms. The number of hydrogen-bond donors (Lipinski definition) is 1. The van der Waals surface area contributed by atoms with Crippen LogP contribution in [-0.4, -0.2) is 10.9 Å². The monoisotopic (exact) mass is 356 g/mol. The molecule has 1 N–H and O–H groups in total. The van der Waals surface area contributed by atoms with Gasteiger partial charge in [0.15, 0.2) is 0 Å². The van der Waals surface area contributed by atoms with E-state index in [1.165, 1.54) is 0 Å². The van der Waals surface area contributed by atoms with Crippen molar-refractivity contribution >= 4 is 40.4 Å². The van der Waals surface area contributed by atoms with Crippen molar-refractivity contribution in [3.05, 3.63) is 49.9 Å². The summed E-state index contributed by atoms with van der Waals surface area (Å²) in [5.41, 5.74) is 1.84. The molecule has 0 atom stereocenters. The molecular formula is C16H18Cl2N2OS. The van der Waals surface area contributed by atoms with E-state index in [1.54, 1.807) is 23.5 Å². The molecule has 0 radical (unpaired) electrons. The van der Waals surface area contributed by atoms with Crippen LogP contribution in [0.3, 0.4) is 0 Å². The molecule has 118 valence electrons. The van der Waals surface area contributed by atoms with E-state index >= 15 is 0 Å². The largest absolute Gasteiger partial charge is 0.350 e. The van der Waals surface area contributed by atoms with Gasteiger partial charge in [-0.05, 0) is 24.1 Å². The van der Waals surface area contributed by atoms with E-state index in [0.717, 1.165) is 16.3 Å². The fourth-order valence-electron chi connectivity index (χ4n) is 1.92. The third kappa shape index (κ3) is 4.97. The van der Waals surface area contributed by atoms with Crippen molar-refractivity contribution in [3.8, 4) is 0 Å². The number of thiazole rings is 1. The standard InChI is InChI=1S/C16H18Cl2N2OS/c1-10(2)16-20-13(9-22-16)8-19-15(21)6-4-11-3-5-12(17)7-14(11)18/h3,5,7,9-10H,4,6,8H2,1-2H3,(H,19,21). The zero-order valence-electron chi connectivity index (χ0n) is 12.5. The second-order valence-electron chi connectivity index (χ2n) is 5.34. The van der Waals surface area contributed by atoms with Crippen molar-refractivity contribution in [1.29, 1.82) is 0 Å². The molecule has 22 heavy (non-hydrogen) atoms. The first kappa shape index (κ1) is 17.3. The summed E-state index contributed by atoms with van der Waals surface area (Å²) >= 11 is 13.6. The van der Waals surface area contributed by atoms with Crippen molar-refractivity contribution in [2.75, 3.05) is 0 Å². The molecule has 1 aromatic carbocycles. The number of amides is 1. The molecule has 0 unspecified atom stereocenters. The Hall–Kier alpha value is -1.10. The van der Waals surface area contributed by atoms with Crippen LogP contribution < -0.4 is 5.32 Å². The average molecular weight is 357 g/mol. The lowest BCUT2D eigenvalue weighted by Gasteiger charge is -2.06. The fourth-order valence-corrected chi connectivity index (χ4v) is 3.26. The number of aryl methyl sites for hydroxylation is 1. The van der Waals surface area contributed by atoms with Gasteiger partial charge in [-0.1, -0.05) is 43.1 Å². The van der Waals surface area contributed by atoms with Crippen molar-refractivity contribution in [3.63, 3.8) is 0 Å². The van der Waals surface area contributed by atoms with E-state index in [4.69, 9.17) is 23.2 Å². The van der Waals surface area contributed by atoms with Crippen molar-refractivity contribution in [2.24, 2.45) is 0 Å². The summed E-state index contributed by atoms with van der Waals surface area (Å²) in [4.78, 5) is 16.4. The third-order valence-electron chi connectivity index (χ3n) is 3.17. The average Bonchev–Trinajstić information content (AvgIpc) is 2.93. The minimum Gasteiger partial charge on any atom is -0.350 e. The lowest BCUT2D eigenvalue weighted by Crippen LogP contribution is -2.23. The van der Waals surface area contributed by atoms with Crippen LogP contribution in [0.25, 0.3) is 0 Å². The minimum absolute atomic E-state index is 0.00915. The first-order valence-corrected chi connectivity index (χ1v) is 8.74. The van der Waals surface area contributed by atoms with Crippen LogP contribution in [0.2, 0.25) is 10.0 Å². The summed E-state index contributed by atoms with van der Waals surface area (Å²) in [5, 5.41) is 7.17. The third-order valence-corrected chi connectivity index (χ3v) is 4.95. The summed E-state index contributed by atoms with van der Waals surface area (Å²) in [5.74, 6) is 0.409. The Bertz CT molecular complexity index is 655. The van der Waals surface area contributed by atoms with Gasteiger partial charge in [0.1, 0.15) is 0 Å². The van der Waals surface area contributed by atoms with Gasteiger partial charge in [-0.25, -0.2) is 4.98 Å². The van der Waals surface area contributed by atoms with Gasteiger partial charge in [0.2, 0.25) is 5.91 Å². The zero-order valence-corrected chi connectivity index (χ0v) is 14.9. The van der Waals surface area contributed by atoms with Gasteiger partial charge >= 0.3 is 0 Å². The predicted molar refractivity (Wildman–Crippen MR) is 92.8 cm³/mol. The summed E-state index contributed by atoms with van der Waals surface area (Å²) in [6, 6.07) is 5.33. The second kappa shape index (κ2) is 7.95. The molecule has 0 fully saturated rings. The van der Waals surface area contributed by atoms with Crippen LogP contribution in [0.4, 0.5) is 0 Å². The first-order chi connectivity index (χ1) is 10.5. The number of benzene rings is 1. The Labute approximate surface area is 144 Å². The van der Waals surface area contributed by atoms with Crippen LogP contribution in [0.5, 0.6) is 0 Å². The van der Waals surface area contributed by atoms with E-state index in [2.05, 4.69) is 24.1 Å². The van der Waals surface area contributed by atoms with Gasteiger partial charge in [-0.3, -0.25) is 4.79 Å². The number of hydrogen-bond acceptors (Lipinski definition) is 3. The van der Waals surface area contributed by atoms with Crippen LogP contribution >= 0.6 is 34.5 Å². The van der Waals surface area contributed by atoms with Crippen LogP contribution in [0.15, 0.2) is 23.6 Å². The highest BCUT2D eigenvalue weighted by molar-refractivity contribution is 7.09. The smallest absolute Gasteiger partial charge is 0.220 e. The van der Waals surface area contributed by atoms with Crippen LogP contribution in [-0.2, 0) is 17.8 Å². The maximum absolute atomic E-state index is 11.9. The Morgan fingerprint density at radius 3 is 2.77 bits per heavy atom. The van der Waals surface area contributed by atoms with Crippen molar-refractivity contribution in [2.45, 2.75) is 39.2 Å². The predicted octanol–water partition coefficient (Wildman–Crippen LogP) is 4.82. The maximum atomic E-state index is 11.9. The quantitative estimate of drug-likeness (QED) is 0.805. The molecule has 2 rings (SSSR count). The molecule has 0 aliphatic rings. The zero-order chi connectivity index (χ0) is 16.1. The Morgan fingerprint density at radius 1 is 1.36 bits per heavy atom. The molecule has 1 aromatic heterocycles. The minimum atomic E-state index is -0.00915. The number of aromatic nitrogens is 1. The number of nitrogens with zero attached hydrogens (tertiary/aromatic N) is 1. The van der Waals surface area contributed by atoms with E-state index in [9.17, 15) is 4.79 Å². The molecule has 0 aliphatic heterocycles. The molecule has 0 saturated heterocycles. The first-order valence-electron chi connectivity index (χ1n) is 7.10. The van der Waals surface area contributed by atoms with Gasteiger partial charge in [0.05, 0.1) is 17.2 Å². The summed E-state index contributed by atoms with van der Waals surface area (Å²) in [6.45, 7) is 4.69. The van der Waals surface area contributed by atoms with Gasteiger partial charge in [-0.2, -0.15) is 0 Å². The highest BCUT2D eigenvalue weighted by Gasteiger charge is 2.08. The number of carbonyl (C=O) groups is 1. The SMILES string of the molecule is CC(C)c1nc(CNC(=O)CCc2ccc(Cl)cc2Cl)cs1. The molecule has 0 saturated carbocycles. The fraction of sp³-hybridized carbons (Fsp3) is 0.375. The lowest BCUT2D eigenvalue weighted by atomic mass is 10.1. The van der Waals surface area contributed by atoms with E-state index in [-0.39, 0.29) is 5.91 Å². The molecule has 0 spiro atoms. The van der Waals surface area contributed by atoms with E-state index in [1.807, 2.05) is 11.4 Å². The van der Waals surface area contributed by atoms with Crippen molar-refractivity contribution in [1.82, 2.24) is 10.3 Å². The second-order valence-corrected chi connectivity index (χ2v) is 7.08. The number of rotatable bonds is 6. The molecule has 1 heterocycles. The Kier molecular flexibility index (Phi) is 6.24. The molecular weight excluding hydrogens is 339 g/mol. The molecule has 0 aliphatic carbocycles. The van der Waals surface area contributed by atoms with E-state index < -0.39 is 0 Å². The summed E-state index contributed by atoms with van der Waals surface area (Å²) in [7, 11) is 0. The van der Waals surface area contributed by atoms with E-state index in [0.29, 0.717) is 35.3 Å². The topological polar surface area (TPSA) is 42.0 Å². The Morgan fingerprint density at radius 2 is 2.14 bits per heavy atom. The van der Waals surface area contributed by atoms with Crippen LogP contribution in [0, 0.1) is 0 Å². The summed E-state index contributed by atoms with van der Waals surface area (Å²) < 4.78 is 0. The van der Waals surface area contributed by atoms with Crippen molar-refractivity contribution < 1.29 is 4.79 Å². The van der Waals surface area contributed by atoms with Crippen LogP contribution in [0.1, 0.15) is 42.5 Å². The number of nitrogens with one attached hydrogen (secondary N) is 1. The van der Waals surface area contributed by atoms with Gasteiger partial charge in [0.25, 0.3) is 0 Å².